The number of rotatable bonds is 3. The number of carbonyl (C=O) groups is 1. The van der Waals surface area contributed by atoms with Crippen molar-refractivity contribution in [2.75, 3.05) is 0 Å². The smallest absolute Gasteiger partial charge is 0.240 e. The number of fused-ring (bicyclic) bond motifs is 2. The summed E-state index contributed by atoms with van der Waals surface area (Å²) in [5.41, 5.74) is 4.34. The molecule has 122 valence electrons. The lowest BCUT2D eigenvalue weighted by Crippen LogP contribution is -2.35. The van der Waals surface area contributed by atoms with E-state index in [-0.39, 0.29) is 18.5 Å². The van der Waals surface area contributed by atoms with Gasteiger partial charge in [-0.15, -0.1) is 0 Å². The van der Waals surface area contributed by atoms with Crippen LogP contribution in [-0.4, -0.2) is 21.7 Å². The van der Waals surface area contributed by atoms with E-state index in [1.165, 1.54) is 0 Å². The average Bonchev–Trinajstić information content (AvgIpc) is 3.06. The molecule has 0 spiro atoms. The van der Waals surface area contributed by atoms with E-state index in [0.717, 1.165) is 27.6 Å². The van der Waals surface area contributed by atoms with Crippen LogP contribution in [0.15, 0.2) is 54.7 Å². The molecule has 0 aliphatic heterocycles. The van der Waals surface area contributed by atoms with E-state index in [1.54, 1.807) is 0 Å². The first-order valence-electron chi connectivity index (χ1n) is 8.23. The van der Waals surface area contributed by atoms with Gasteiger partial charge < -0.3 is 15.0 Å². The predicted octanol–water partition coefficient (Wildman–Crippen LogP) is 2.72. The number of nitrogens with one attached hydrogen (secondary N) is 1. The first kappa shape index (κ1) is 15.0. The molecule has 1 aliphatic carbocycles. The van der Waals surface area contributed by atoms with Gasteiger partial charge in [0, 0.05) is 23.5 Å². The largest absolute Gasteiger partial charge is 0.390 e. The molecule has 1 heterocycles. The summed E-state index contributed by atoms with van der Waals surface area (Å²) in [6, 6.07) is 15.6. The predicted molar refractivity (Wildman–Crippen MR) is 93.7 cm³/mol. The van der Waals surface area contributed by atoms with E-state index in [4.69, 9.17) is 0 Å². The molecule has 4 rings (SSSR count). The highest BCUT2D eigenvalue weighted by molar-refractivity contribution is 5.86. The summed E-state index contributed by atoms with van der Waals surface area (Å²) in [7, 11) is 0. The molecule has 1 aromatic heterocycles. The molecule has 0 saturated heterocycles. The van der Waals surface area contributed by atoms with Crippen molar-refractivity contribution in [3.8, 4) is 0 Å². The van der Waals surface area contributed by atoms with Crippen LogP contribution in [0.25, 0.3) is 10.9 Å². The summed E-state index contributed by atoms with van der Waals surface area (Å²) >= 11 is 0. The second kappa shape index (κ2) is 5.80. The Bertz CT molecular complexity index is 913. The Balaban J connectivity index is 1.55. The van der Waals surface area contributed by atoms with Gasteiger partial charge in [-0.25, -0.2) is 0 Å². The number of carbonyl (C=O) groups excluding carboxylic acids is 1. The van der Waals surface area contributed by atoms with Gasteiger partial charge >= 0.3 is 0 Å². The van der Waals surface area contributed by atoms with Crippen molar-refractivity contribution < 1.29 is 9.90 Å². The van der Waals surface area contributed by atoms with E-state index >= 15 is 0 Å². The van der Waals surface area contributed by atoms with Gasteiger partial charge in [0.15, 0.2) is 0 Å². The Kier molecular flexibility index (Phi) is 3.62. The van der Waals surface area contributed by atoms with E-state index in [9.17, 15) is 9.90 Å². The maximum atomic E-state index is 12.5. The van der Waals surface area contributed by atoms with Crippen molar-refractivity contribution in [1.29, 1.82) is 0 Å². The second-order valence-electron chi connectivity index (χ2n) is 6.47. The maximum absolute atomic E-state index is 12.5. The molecule has 0 radical (unpaired) electrons. The van der Waals surface area contributed by atoms with E-state index < -0.39 is 6.10 Å². The summed E-state index contributed by atoms with van der Waals surface area (Å²) in [5.74, 6) is -0.0866. The third kappa shape index (κ3) is 2.49. The SMILES string of the molecule is Cc1cn(CC(=O)NC2c3ccccc3CC2O)c2ccccc12. The standard InChI is InChI=1S/C20H20N2O2/c1-13-11-22(17-9-5-4-7-15(13)17)12-19(24)21-20-16-8-3-2-6-14(16)10-18(20)23/h2-9,11,18,20,23H,10,12H2,1H3,(H,21,24). The molecule has 0 saturated carbocycles. The van der Waals surface area contributed by atoms with E-state index in [2.05, 4.69) is 11.4 Å². The first-order chi connectivity index (χ1) is 11.6. The zero-order valence-electron chi connectivity index (χ0n) is 13.6. The van der Waals surface area contributed by atoms with Crippen LogP contribution in [0.2, 0.25) is 0 Å². The Morgan fingerprint density at radius 1 is 1.21 bits per heavy atom. The minimum Gasteiger partial charge on any atom is -0.390 e. The molecule has 24 heavy (non-hydrogen) atoms. The first-order valence-corrected chi connectivity index (χ1v) is 8.23. The van der Waals surface area contributed by atoms with Crippen LogP contribution in [0.3, 0.4) is 0 Å². The molecule has 0 fully saturated rings. The van der Waals surface area contributed by atoms with Crippen LogP contribution in [0.1, 0.15) is 22.7 Å². The molecule has 3 aromatic rings. The van der Waals surface area contributed by atoms with Crippen LogP contribution in [0.5, 0.6) is 0 Å². The average molecular weight is 320 g/mol. The quantitative estimate of drug-likeness (QED) is 0.779. The number of aryl methyl sites for hydroxylation is 1. The Labute approximate surface area is 140 Å². The molecule has 1 amide bonds. The summed E-state index contributed by atoms with van der Waals surface area (Å²) < 4.78 is 1.97. The normalized spacial score (nSPS) is 19.4. The third-order valence-corrected chi connectivity index (χ3v) is 4.82. The van der Waals surface area contributed by atoms with Gasteiger partial charge in [0.05, 0.1) is 12.1 Å². The molecular weight excluding hydrogens is 300 g/mol. The molecule has 1 aliphatic rings. The topological polar surface area (TPSA) is 54.3 Å². The number of hydrogen-bond donors (Lipinski definition) is 2. The van der Waals surface area contributed by atoms with Crippen molar-refractivity contribution in [2.45, 2.75) is 32.0 Å². The van der Waals surface area contributed by atoms with Gasteiger partial charge in [-0.3, -0.25) is 4.79 Å². The maximum Gasteiger partial charge on any atom is 0.240 e. The van der Waals surface area contributed by atoms with Crippen LogP contribution in [-0.2, 0) is 17.8 Å². The summed E-state index contributed by atoms with van der Waals surface area (Å²) in [6.45, 7) is 2.30. The van der Waals surface area contributed by atoms with E-state index in [0.29, 0.717) is 6.42 Å². The highest BCUT2D eigenvalue weighted by Gasteiger charge is 2.31. The fourth-order valence-electron chi connectivity index (χ4n) is 3.68. The molecule has 0 bridgehead atoms. The summed E-state index contributed by atoms with van der Waals surface area (Å²) in [5, 5.41) is 14.4. The lowest BCUT2D eigenvalue weighted by atomic mass is 10.1. The number of hydrogen-bond acceptors (Lipinski definition) is 2. The lowest BCUT2D eigenvalue weighted by Gasteiger charge is -2.18. The molecule has 4 heteroatoms. The number of benzene rings is 2. The molecule has 2 aromatic carbocycles. The van der Waals surface area contributed by atoms with Crippen molar-refractivity contribution in [3.05, 3.63) is 71.4 Å². The Hall–Kier alpha value is -2.59. The van der Waals surface area contributed by atoms with Gasteiger partial charge in [0.2, 0.25) is 5.91 Å². The number of para-hydroxylation sites is 1. The number of amides is 1. The fourth-order valence-corrected chi connectivity index (χ4v) is 3.68. The third-order valence-electron chi connectivity index (χ3n) is 4.82. The van der Waals surface area contributed by atoms with Gasteiger partial charge in [0.25, 0.3) is 0 Å². The Morgan fingerprint density at radius 3 is 2.83 bits per heavy atom. The molecule has 2 N–H and O–H groups in total. The minimum atomic E-state index is -0.561. The Morgan fingerprint density at radius 2 is 1.96 bits per heavy atom. The zero-order valence-corrected chi connectivity index (χ0v) is 13.6. The molecule has 4 nitrogen and oxygen atoms in total. The monoisotopic (exact) mass is 320 g/mol. The van der Waals surface area contributed by atoms with Gasteiger partial charge in [-0.05, 0) is 29.7 Å². The summed E-state index contributed by atoms with van der Waals surface area (Å²) in [6.07, 6.45) is 2.03. The highest BCUT2D eigenvalue weighted by Crippen LogP contribution is 2.31. The van der Waals surface area contributed by atoms with Crippen molar-refractivity contribution in [2.24, 2.45) is 0 Å². The van der Waals surface area contributed by atoms with Crippen LogP contribution >= 0.6 is 0 Å². The van der Waals surface area contributed by atoms with E-state index in [1.807, 2.05) is 60.2 Å². The number of aromatic nitrogens is 1. The van der Waals surface area contributed by atoms with Crippen LogP contribution in [0.4, 0.5) is 0 Å². The van der Waals surface area contributed by atoms with Gasteiger partial charge in [-0.1, -0.05) is 42.5 Å². The molecule has 2 atom stereocenters. The van der Waals surface area contributed by atoms with Crippen molar-refractivity contribution in [3.63, 3.8) is 0 Å². The van der Waals surface area contributed by atoms with Gasteiger partial charge in [0.1, 0.15) is 6.54 Å². The molecular formula is C20H20N2O2. The van der Waals surface area contributed by atoms with Crippen molar-refractivity contribution >= 4 is 16.8 Å². The highest BCUT2D eigenvalue weighted by atomic mass is 16.3. The molecule has 2 unspecified atom stereocenters. The minimum absolute atomic E-state index is 0.0866. The number of aliphatic hydroxyl groups excluding tert-OH is 1. The second-order valence-corrected chi connectivity index (χ2v) is 6.47. The van der Waals surface area contributed by atoms with Crippen LogP contribution < -0.4 is 5.32 Å². The number of aliphatic hydroxyl groups is 1. The fraction of sp³-hybridized carbons (Fsp3) is 0.250. The van der Waals surface area contributed by atoms with Gasteiger partial charge in [-0.2, -0.15) is 0 Å². The van der Waals surface area contributed by atoms with Crippen molar-refractivity contribution in [1.82, 2.24) is 9.88 Å². The number of nitrogens with zero attached hydrogens (tertiary/aromatic N) is 1. The zero-order chi connectivity index (χ0) is 16.7. The van der Waals surface area contributed by atoms with Crippen LogP contribution in [0, 0.1) is 6.92 Å². The lowest BCUT2D eigenvalue weighted by molar-refractivity contribution is -0.123. The summed E-state index contributed by atoms with van der Waals surface area (Å²) in [4.78, 5) is 12.5.